The minimum absolute atomic E-state index is 0.324. The predicted octanol–water partition coefficient (Wildman–Crippen LogP) is 3.81. The van der Waals surface area contributed by atoms with Crippen LogP contribution in [0.15, 0.2) is 6.07 Å². The first-order valence-corrected chi connectivity index (χ1v) is 9.18. The zero-order valence-electron chi connectivity index (χ0n) is 13.2. The predicted molar refractivity (Wildman–Crippen MR) is 97.4 cm³/mol. The van der Waals surface area contributed by atoms with Crippen molar-refractivity contribution in [3.8, 4) is 0 Å². The highest BCUT2D eigenvalue weighted by molar-refractivity contribution is 8.00. The van der Waals surface area contributed by atoms with Crippen LogP contribution >= 0.6 is 24.0 Å². The van der Waals surface area contributed by atoms with Gasteiger partial charge in [-0.1, -0.05) is 31.5 Å². The fourth-order valence-electron chi connectivity index (χ4n) is 3.17. The fraction of sp³-hybridized carbons (Fsp3) is 0.625. The van der Waals surface area contributed by atoms with E-state index in [4.69, 9.17) is 18.0 Å². The Bertz CT molecular complexity index is 522. The molecule has 116 valence electrons. The third kappa shape index (κ3) is 3.89. The van der Waals surface area contributed by atoms with Crippen LogP contribution in [0.2, 0.25) is 0 Å². The Morgan fingerprint density at radius 3 is 2.62 bits per heavy atom. The van der Waals surface area contributed by atoms with E-state index >= 15 is 0 Å². The number of thiocarbonyl (C=S) groups is 1. The molecule has 1 saturated carbocycles. The van der Waals surface area contributed by atoms with Crippen molar-refractivity contribution in [3.05, 3.63) is 22.9 Å². The molecule has 0 spiro atoms. The first kappa shape index (κ1) is 16.6. The maximum atomic E-state index is 5.89. The number of aromatic nitrogens is 1. The number of rotatable bonds is 5. The number of nitrogens with two attached hydrogens (primary N) is 1. The average molecular weight is 324 g/mol. The van der Waals surface area contributed by atoms with Gasteiger partial charge in [0.2, 0.25) is 0 Å². The summed E-state index contributed by atoms with van der Waals surface area (Å²) in [6.07, 6.45) is 8.78. The van der Waals surface area contributed by atoms with E-state index in [0.29, 0.717) is 9.74 Å². The summed E-state index contributed by atoms with van der Waals surface area (Å²) < 4.78 is 0.324. The molecule has 3 nitrogen and oxygen atoms in total. The molecule has 0 saturated heterocycles. The van der Waals surface area contributed by atoms with E-state index in [9.17, 15) is 0 Å². The van der Waals surface area contributed by atoms with Crippen molar-refractivity contribution in [1.29, 1.82) is 0 Å². The van der Waals surface area contributed by atoms with Crippen LogP contribution < -0.4 is 11.1 Å². The molecule has 3 N–H and O–H groups in total. The molecule has 2 rings (SSSR count). The number of anilines is 1. The summed E-state index contributed by atoms with van der Waals surface area (Å²) in [7, 11) is 0. The third-order valence-corrected chi connectivity index (χ3v) is 5.99. The molecule has 0 bridgehead atoms. The minimum Gasteiger partial charge on any atom is -0.389 e. The SMILES string of the molecule is CSC1(CNc2nc(C)cc(C)c2C(N)=S)CCCCC1. The quantitative estimate of drug-likeness (QED) is 0.807. The van der Waals surface area contributed by atoms with Gasteiger partial charge in [0.05, 0.1) is 5.56 Å². The molecular weight excluding hydrogens is 298 g/mol. The molecule has 1 fully saturated rings. The molecule has 0 radical (unpaired) electrons. The molecule has 1 heterocycles. The monoisotopic (exact) mass is 323 g/mol. The van der Waals surface area contributed by atoms with Gasteiger partial charge >= 0.3 is 0 Å². The largest absolute Gasteiger partial charge is 0.389 e. The first-order chi connectivity index (χ1) is 9.97. The first-order valence-electron chi connectivity index (χ1n) is 7.54. The van der Waals surface area contributed by atoms with Crippen molar-refractivity contribution in [2.75, 3.05) is 18.1 Å². The smallest absolute Gasteiger partial charge is 0.136 e. The number of nitrogens with one attached hydrogen (secondary N) is 1. The lowest BCUT2D eigenvalue weighted by atomic mass is 9.88. The normalized spacial score (nSPS) is 17.5. The van der Waals surface area contributed by atoms with Crippen molar-refractivity contribution >= 4 is 34.8 Å². The molecule has 0 aliphatic heterocycles. The van der Waals surface area contributed by atoms with E-state index in [1.165, 1.54) is 32.1 Å². The van der Waals surface area contributed by atoms with Crippen molar-refractivity contribution in [1.82, 2.24) is 4.98 Å². The molecule has 0 unspecified atom stereocenters. The third-order valence-electron chi connectivity index (χ3n) is 4.37. The van der Waals surface area contributed by atoms with E-state index < -0.39 is 0 Å². The van der Waals surface area contributed by atoms with Crippen molar-refractivity contribution in [2.24, 2.45) is 5.73 Å². The highest BCUT2D eigenvalue weighted by Gasteiger charge is 2.31. The van der Waals surface area contributed by atoms with E-state index in [2.05, 4.69) is 16.6 Å². The summed E-state index contributed by atoms with van der Waals surface area (Å²) in [6.45, 7) is 4.98. The zero-order valence-corrected chi connectivity index (χ0v) is 14.8. The Morgan fingerprint density at radius 1 is 1.38 bits per heavy atom. The van der Waals surface area contributed by atoms with Gasteiger partial charge in [-0.05, 0) is 44.6 Å². The highest BCUT2D eigenvalue weighted by atomic mass is 32.2. The van der Waals surface area contributed by atoms with Gasteiger partial charge in [0.15, 0.2) is 0 Å². The molecule has 1 aliphatic rings. The summed E-state index contributed by atoms with van der Waals surface area (Å²) >= 11 is 7.18. The van der Waals surface area contributed by atoms with Gasteiger partial charge in [0.1, 0.15) is 10.8 Å². The van der Waals surface area contributed by atoms with E-state index in [1.807, 2.05) is 31.7 Å². The Labute approximate surface area is 137 Å². The van der Waals surface area contributed by atoms with Crippen LogP contribution in [-0.4, -0.2) is 27.5 Å². The maximum absolute atomic E-state index is 5.89. The average Bonchev–Trinajstić information content (AvgIpc) is 2.45. The molecule has 21 heavy (non-hydrogen) atoms. The Kier molecular flexibility index (Phi) is 5.49. The molecule has 1 aromatic heterocycles. The van der Waals surface area contributed by atoms with Crippen LogP contribution in [0.3, 0.4) is 0 Å². The second-order valence-corrected chi connectivity index (χ2v) is 7.68. The van der Waals surface area contributed by atoms with E-state index in [-0.39, 0.29) is 0 Å². The topological polar surface area (TPSA) is 50.9 Å². The van der Waals surface area contributed by atoms with Gasteiger partial charge in [0, 0.05) is 17.0 Å². The summed E-state index contributed by atoms with van der Waals surface area (Å²) in [6, 6.07) is 2.03. The van der Waals surface area contributed by atoms with Crippen LogP contribution in [0.4, 0.5) is 5.82 Å². The second kappa shape index (κ2) is 6.97. The zero-order chi connectivity index (χ0) is 15.5. The number of thioether (sulfide) groups is 1. The number of hydrogen-bond donors (Lipinski definition) is 2. The molecule has 0 aromatic carbocycles. The molecule has 1 aromatic rings. The lowest BCUT2D eigenvalue weighted by molar-refractivity contribution is 0.411. The Hall–Kier alpha value is -0.810. The number of nitrogens with zero attached hydrogens (tertiary/aromatic N) is 1. The summed E-state index contributed by atoms with van der Waals surface area (Å²) in [4.78, 5) is 5.04. The van der Waals surface area contributed by atoms with E-state index in [1.54, 1.807) is 0 Å². The van der Waals surface area contributed by atoms with Crippen LogP contribution in [0, 0.1) is 13.8 Å². The van der Waals surface area contributed by atoms with Gasteiger partial charge < -0.3 is 11.1 Å². The lowest BCUT2D eigenvalue weighted by Gasteiger charge is -2.36. The van der Waals surface area contributed by atoms with Gasteiger partial charge in [0.25, 0.3) is 0 Å². The van der Waals surface area contributed by atoms with Crippen molar-refractivity contribution in [2.45, 2.75) is 50.7 Å². The van der Waals surface area contributed by atoms with Crippen molar-refractivity contribution in [3.63, 3.8) is 0 Å². The number of pyridine rings is 1. The molecule has 1 aliphatic carbocycles. The standard InChI is InChI=1S/C16H25N3S2/c1-11-9-12(2)19-15(13(11)14(17)20)18-10-16(21-3)7-5-4-6-8-16/h9H,4-8,10H2,1-3H3,(H2,17,20)(H,18,19). The van der Waals surface area contributed by atoms with Crippen LogP contribution in [-0.2, 0) is 0 Å². The van der Waals surface area contributed by atoms with Crippen LogP contribution in [0.25, 0.3) is 0 Å². The Balaban J connectivity index is 2.21. The number of hydrogen-bond acceptors (Lipinski definition) is 4. The van der Waals surface area contributed by atoms with Gasteiger partial charge in [-0.2, -0.15) is 11.8 Å². The summed E-state index contributed by atoms with van der Waals surface area (Å²) in [5.74, 6) is 0.846. The van der Waals surface area contributed by atoms with Crippen LogP contribution in [0.1, 0.15) is 48.9 Å². The molecule has 0 amide bonds. The second-order valence-electron chi connectivity index (χ2n) is 5.97. The van der Waals surface area contributed by atoms with Crippen LogP contribution in [0.5, 0.6) is 0 Å². The molecule has 0 atom stereocenters. The van der Waals surface area contributed by atoms with Gasteiger partial charge in [-0.15, -0.1) is 0 Å². The Morgan fingerprint density at radius 2 is 2.05 bits per heavy atom. The number of aryl methyl sites for hydroxylation is 2. The molecule has 5 heteroatoms. The fourth-order valence-corrected chi connectivity index (χ4v) is 4.34. The van der Waals surface area contributed by atoms with Gasteiger partial charge in [-0.3, -0.25) is 0 Å². The summed E-state index contributed by atoms with van der Waals surface area (Å²) in [5.41, 5.74) is 8.87. The summed E-state index contributed by atoms with van der Waals surface area (Å²) in [5, 5.41) is 3.54. The maximum Gasteiger partial charge on any atom is 0.136 e. The molecular formula is C16H25N3S2. The van der Waals surface area contributed by atoms with Gasteiger partial charge in [-0.25, -0.2) is 4.98 Å². The lowest BCUT2D eigenvalue weighted by Crippen LogP contribution is -2.36. The highest BCUT2D eigenvalue weighted by Crippen LogP contribution is 2.38. The van der Waals surface area contributed by atoms with Crippen molar-refractivity contribution < 1.29 is 0 Å². The minimum atomic E-state index is 0.324. The van der Waals surface area contributed by atoms with E-state index in [0.717, 1.165) is 29.2 Å².